The maximum Gasteiger partial charge on any atom is 0.254 e. The van der Waals surface area contributed by atoms with Crippen molar-refractivity contribution >= 4 is 11.8 Å². The standard InChI is InChI=1S/C25H25N3O4/c1-28-23(16-11-12-20(31-2)21(14-16)32-3)22(18-9-4-5-10-19(18)25(28)30)24(29)27-15-17-8-6-7-13-26-17/h4-14,22-23H,15H2,1-3H3,(H,27,29)/t22-,23-/m1/s1. The highest BCUT2D eigenvalue weighted by Gasteiger charge is 2.42. The third-order valence-electron chi connectivity index (χ3n) is 5.78. The largest absolute Gasteiger partial charge is 0.493 e. The number of methoxy groups -OCH3 is 2. The molecule has 1 aliphatic heterocycles. The molecular weight excluding hydrogens is 406 g/mol. The van der Waals surface area contributed by atoms with Gasteiger partial charge in [-0.25, -0.2) is 0 Å². The second kappa shape index (κ2) is 9.09. The molecule has 2 atom stereocenters. The fourth-order valence-corrected chi connectivity index (χ4v) is 4.20. The molecular formula is C25H25N3O4. The Morgan fingerprint density at radius 2 is 1.78 bits per heavy atom. The van der Waals surface area contributed by atoms with Crippen LogP contribution in [-0.4, -0.2) is 43.0 Å². The maximum absolute atomic E-state index is 13.5. The van der Waals surface area contributed by atoms with E-state index in [2.05, 4.69) is 10.3 Å². The summed E-state index contributed by atoms with van der Waals surface area (Å²) in [5.41, 5.74) is 2.78. The monoisotopic (exact) mass is 431 g/mol. The Morgan fingerprint density at radius 1 is 1.03 bits per heavy atom. The highest BCUT2D eigenvalue weighted by atomic mass is 16.5. The summed E-state index contributed by atoms with van der Waals surface area (Å²) in [7, 11) is 4.85. The first kappa shape index (κ1) is 21.4. The predicted molar refractivity (Wildman–Crippen MR) is 120 cm³/mol. The molecule has 0 radical (unpaired) electrons. The number of likely N-dealkylation sites (N-methyl/N-ethyl adjacent to an activating group) is 1. The summed E-state index contributed by atoms with van der Waals surface area (Å²) in [6.07, 6.45) is 1.69. The van der Waals surface area contributed by atoms with Crippen LogP contribution >= 0.6 is 0 Å². The molecule has 164 valence electrons. The van der Waals surface area contributed by atoms with Gasteiger partial charge in [-0.2, -0.15) is 0 Å². The van der Waals surface area contributed by atoms with Gasteiger partial charge in [0.05, 0.1) is 38.4 Å². The lowest BCUT2D eigenvalue weighted by molar-refractivity contribution is -0.124. The van der Waals surface area contributed by atoms with Crippen molar-refractivity contribution in [2.45, 2.75) is 18.5 Å². The van der Waals surface area contributed by atoms with Gasteiger partial charge in [0.15, 0.2) is 11.5 Å². The molecule has 0 saturated heterocycles. The minimum atomic E-state index is -0.601. The number of aromatic nitrogens is 1. The average molecular weight is 431 g/mol. The zero-order valence-electron chi connectivity index (χ0n) is 18.2. The Bertz CT molecular complexity index is 1130. The lowest BCUT2D eigenvalue weighted by Crippen LogP contribution is -2.45. The number of nitrogens with one attached hydrogen (secondary N) is 1. The molecule has 0 fully saturated rings. The SMILES string of the molecule is COc1ccc([C@@H]2[C@H](C(=O)NCc3ccccn3)c3ccccc3C(=O)N2C)cc1OC. The van der Waals surface area contributed by atoms with E-state index >= 15 is 0 Å². The van der Waals surface area contributed by atoms with Gasteiger partial charge in [-0.05, 0) is 41.5 Å². The van der Waals surface area contributed by atoms with Gasteiger partial charge in [0, 0.05) is 18.8 Å². The molecule has 4 rings (SSSR count). The summed E-state index contributed by atoms with van der Waals surface area (Å²) in [6.45, 7) is 0.300. The van der Waals surface area contributed by atoms with Crippen LogP contribution in [0.5, 0.6) is 11.5 Å². The number of amides is 2. The number of carbonyl (C=O) groups is 2. The second-order valence-corrected chi connectivity index (χ2v) is 7.58. The molecule has 2 amide bonds. The minimum Gasteiger partial charge on any atom is -0.493 e. The van der Waals surface area contributed by atoms with Crippen LogP contribution < -0.4 is 14.8 Å². The van der Waals surface area contributed by atoms with Crippen LogP contribution in [0.2, 0.25) is 0 Å². The highest BCUT2D eigenvalue weighted by molar-refractivity contribution is 6.01. The summed E-state index contributed by atoms with van der Waals surface area (Å²) in [5.74, 6) is 0.210. The summed E-state index contributed by atoms with van der Waals surface area (Å²) in [4.78, 5) is 32.6. The zero-order valence-corrected chi connectivity index (χ0v) is 18.2. The molecule has 0 aliphatic carbocycles. The Balaban J connectivity index is 1.76. The van der Waals surface area contributed by atoms with Gasteiger partial charge in [-0.15, -0.1) is 0 Å². The van der Waals surface area contributed by atoms with E-state index in [-0.39, 0.29) is 11.8 Å². The molecule has 3 aromatic rings. The lowest BCUT2D eigenvalue weighted by atomic mass is 9.79. The van der Waals surface area contributed by atoms with Crippen molar-refractivity contribution in [2.24, 2.45) is 0 Å². The number of ether oxygens (including phenoxy) is 2. The Hall–Kier alpha value is -3.87. The summed E-state index contributed by atoms with van der Waals surface area (Å²) < 4.78 is 10.8. The van der Waals surface area contributed by atoms with Gasteiger partial charge < -0.3 is 19.7 Å². The van der Waals surface area contributed by atoms with Crippen LogP contribution in [0.3, 0.4) is 0 Å². The van der Waals surface area contributed by atoms with Crippen LogP contribution in [-0.2, 0) is 11.3 Å². The first-order valence-electron chi connectivity index (χ1n) is 10.3. The first-order chi connectivity index (χ1) is 15.5. The summed E-state index contributed by atoms with van der Waals surface area (Å²) in [5, 5.41) is 3.00. The van der Waals surface area contributed by atoms with Crippen molar-refractivity contribution in [3.8, 4) is 11.5 Å². The second-order valence-electron chi connectivity index (χ2n) is 7.58. The number of benzene rings is 2. The van der Waals surface area contributed by atoms with Crippen LogP contribution in [0.25, 0.3) is 0 Å². The number of rotatable bonds is 6. The molecule has 2 heterocycles. The molecule has 0 unspecified atom stereocenters. The van der Waals surface area contributed by atoms with Gasteiger partial charge in [-0.1, -0.05) is 30.3 Å². The van der Waals surface area contributed by atoms with Crippen LogP contribution in [0.4, 0.5) is 0 Å². The smallest absolute Gasteiger partial charge is 0.254 e. The quantitative estimate of drug-likeness (QED) is 0.648. The Labute approximate surface area is 187 Å². The molecule has 1 aromatic heterocycles. The number of hydrogen-bond acceptors (Lipinski definition) is 5. The van der Waals surface area contributed by atoms with E-state index in [1.807, 2.05) is 48.5 Å². The average Bonchev–Trinajstić information content (AvgIpc) is 2.84. The van der Waals surface area contributed by atoms with Crippen molar-refractivity contribution in [2.75, 3.05) is 21.3 Å². The topological polar surface area (TPSA) is 80.8 Å². The summed E-state index contributed by atoms with van der Waals surface area (Å²) >= 11 is 0. The summed E-state index contributed by atoms with van der Waals surface area (Å²) in [6, 6.07) is 17.8. The molecule has 0 spiro atoms. The van der Waals surface area contributed by atoms with E-state index < -0.39 is 12.0 Å². The van der Waals surface area contributed by atoms with E-state index in [0.717, 1.165) is 11.3 Å². The predicted octanol–water partition coefficient (Wildman–Crippen LogP) is 3.33. The number of fused-ring (bicyclic) bond motifs is 1. The molecule has 0 bridgehead atoms. The Kier molecular flexibility index (Phi) is 6.07. The van der Waals surface area contributed by atoms with Crippen molar-refractivity contribution in [1.29, 1.82) is 0 Å². The molecule has 0 saturated carbocycles. The van der Waals surface area contributed by atoms with Crippen molar-refractivity contribution in [3.05, 3.63) is 89.2 Å². The fraction of sp³-hybridized carbons (Fsp3) is 0.240. The molecule has 1 aliphatic rings. The third kappa shape index (κ3) is 3.89. The molecule has 1 N–H and O–H groups in total. The number of pyridine rings is 1. The van der Waals surface area contributed by atoms with Crippen molar-refractivity contribution in [1.82, 2.24) is 15.2 Å². The third-order valence-corrected chi connectivity index (χ3v) is 5.78. The van der Waals surface area contributed by atoms with Gasteiger partial charge in [0.25, 0.3) is 5.91 Å². The van der Waals surface area contributed by atoms with Crippen molar-refractivity contribution in [3.63, 3.8) is 0 Å². The molecule has 7 nitrogen and oxygen atoms in total. The van der Waals surface area contributed by atoms with E-state index in [0.29, 0.717) is 29.2 Å². The minimum absolute atomic E-state index is 0.130. The maximum atomic E-state index is 13.5. The molecule has 7 heteroatoms. The van der Waals surface area contributed by atoms with E-state index in [4.69, 9.17) is 9.47 Å². The number of hydrogen-bond donors (Lipinski definition) is 1. The van der Waals surface area contributed by atoms with E-state index in [1.165, 1.54) is 0 Å². The molecule has 32 heavy (non-hydrogen) atoms. The van der Waals surface area contributed by atoms with Gasteiger partial charge in [0.1, 0.15) is 0 Å². The van der Waals surface area contributed by atoms with Crippen LogP contribution in [0, 0.1) is 0 Å². The first-order valence-corrected chi connectivity index (χ1v) is 10.3. The Morgan fingerprint density at radius 3 is 2.50 bits per heavy atom. The molecule has 2 aromatic carbocycles. The van der Waals surface area contributed by atoms with Crippen LogP contribution in [0.1, 0.15) is 39.1 Å². The fourth-order valence-electron chi connectivity index (χ4n) is 4.20. The van der Waals surface area contributed by atoms with Crippen LogP contribution in [0.15, 0.2) is 66.9 Å². The van der Waals surface area contributed by atoms with Crippen molar-refractivity contribution < 1.29 is 19.1 Å². The van der Waals surface area contributed by atoms with Gasteiger partial charge >= 0.3 is 0 Å². The van der Waals surface area contributed by atoms with Gasteiger partial charge in [0.2, 0.25) is 5.91 Å². The zero-order chi connectivity index (χ0) is 22.7. The van der Waals surface area contributed by atoms with E-state index in [1.54, 1.807) is 44.5 Å². The number of carbonyl (C=O) groups excluding carboxylic acids is 2. The van der Waals surface area contributed by atoms with Gasteiger partial charge in [-0.3, -0.25) is 14.6 Å². The highest BCUT2D eigenvalue weighted by Crippen LogP contribution is 2.43. The normalized spacial score (nSPS) is 17.5. The lowest BCUT2D eigenvalue weighted by Gasteiger charge is -2.40. The van der Waals surface area contributed by atoms with E-state index in [9.17, 15) is 9.59 Å². The number of nitrogens with zero attached hydrogens (tertiary/aromatic N) is 2.